The number of rotatable bonds is 3. The maximum atomic E-state index is 12.2. The van der Waals surface area contributed by atoms with E-state index in [0.29, 0.717) is 11.5 Å². The summed E-state index contributed by atoms with van der Waals surface area (Å²) in [7, 11) is 1.84. The van der Waals surface area contributed by atoms with Gasteiger partial charge in [0.05, 0.1) is 17.4 Å². The molecule has 0 radical (unpaired) electrons. The molecule has 2 amide bonds. The predicted octanol–water partition coefficient (Wildman–Crippen LogP) is 1.65. The van der Waals surface area contributed by atoms with Gasteiger partial charge in [0.15, 0.2) is 5.65 Å². The second-order valence-electron chi connectivity index (χ2n) is 5.09. The summed E-state index contributed by atoms with van der Waals surface area (Å²) in [5.74, 6) is 0.563. The largest absolute Gasteiger partial charge is 0.330 e. The van der Waals surface area contributed by atoms with E-state index in [4.69, 9.17) is 0 Å². The van der Waals surface area contributed by atoms with Crippen LogP contribution in [0.15, 0.2) is 30.6 Å². The van der Waals surface area contributed by atoms with E-state index < -0.39 is 0 Å². The summed E-state index contributed by atoms with van der Waals surface area (Å²) < 4.78 is 3.33. The maximum absolute atomic E-state index is 12.2. The average molecular weight is 299 g/mol. The number of nitrogens with zero attached hydrogens (tertiary/aromatic N) is 5. The fraction of sp³-hybridized carbons (Fsp3) is 0.286. The molecule has 0 bridgehead atoms. The highest BCUT2D eigenvalue weighted by molar-refractivity contribution is 5.88. The SMILES string of the molecule is Cc1cc2nccc(NC(=O)NC(C)c3ccnn3C)n2n1. The van der Waals surface area contributed by atoms with Crippen LogP contribution in [0.4, 0.5) is 10.6 Å². The Bertz CT molecular complexity index is 820. The van der Waals surface area contributed by atoms with Gasteiger partial charge in [-0.2, -0.15) is 14.7 Å². The van der Waals surface area contributed by atoms with E-state index >= 15 is 0 Å². The summed E-state index contributed by atoms with van der Waals surface area (Å²) >= 11 is 0. The van der Waals surface area contributed by atoms with Crippen molar-refractivity contribution in [2.45, 2.75) is 19.9 Å². The molecule has 3 heterocycles. The third kappa shape index (κ3) is 2.62. The molecule has 0 saturated heterocycles. The van der Waals surface area contributed by atoms with Gasteiger partial charge in [-0.25, -0.2) is 9.78 Å². The minimum atomic E-state index is -0.311. The van der Waals surface area contributed by atoms with Gasteiger partial charge < -0.3 is 5.32 Å². The number of urea groups is 1. The highest BCUT2D eigenvalue weighted by Crippen LogP contribution is 2.13. The lowest BCUT2D eigenvalue weighted by atomic mass is 10.2. The first-order valence-electron chi connectivity index (χ1n) is 6.91. The Balaban J connectivity index is 1.75. The van der Waals surface area contributed by atoms with E-state index in [2.05, 4.69) is 25.8 Å². The van der Waals surface area contributed by atoms with Gasteiger partial charge in [0.2, 0.25) is 0 Å². The predicted molar refractivity (Wildman–Crippen MR) is 81.5 cm³/mol. The van der Waals surface area contributed by atoms with Gasteiger partial charge in [0.1, 0.15) is 5.82 Å². The first-order valence-corrected chi connectivity index (χ1v) is 6.91. The van der Waals surface area contributed by atoms with Crippen LogP contribution in [0, 0.1) is 6.92 Å². The number of hydrogen-bond acceptors (Lipinski definition) is 4. The number of nitrogens with one attached hydrogen (secondary N) is 2. The molecule has 22 heavy (non-hydrogen) atoms. The fourth-order valence-electron chi connectivity index (χ4n) is 2.34. The smallest absolute Gasteiger partial charge is 0.320 e. The van der Waals surface area contributed by atoms with Gasteiger partial charge in [-0.3, -0.25) is 10.00 Å². The Morgan fingerprint density at radius 2 is 2.14 bits per heavy atom. The van der Waals surface area contributed by atoms with Crippen molar-refractivity contribution < 1.29 is 4.79 Å². The minimum Gasteiger partial charge on any atom is -0.330 e. The lowest BCUT2D eigenvalue weighted by molar-refractivity contribution is 0.249. The first kappa shape index (κ1) is 14.1. The van der Waals surface area contributed by atoms with E-state index in [0.717, 1.165) is 11.4 Å². The zero-order valence-corrected chi connectivity index (χ0v) is 12.6. The molecule has 114 valence electrons. The van der Waals surface area contributed by atoms with Crippen molar-refractivity contribution in [1.29, 1.82) is 0 Å². The van der Waals surface area contributed by atoms with Gasteiger partial charge in [0, 0.05) is 25.5 Å². The number of aryl methyl sites for hydroxylation is 2. The highest BCUT2D eigenvalue weighted by Gasteiger charge is 2.14. The van der Waals surface area contributed by atoms with Crippen LogP contribution < -0.4 is 10.6 Å². The lowest BCUT2D eigenvalue weighted by Gasteiger charge is -2.15. The molecule has 8 nitrogen and oxygen atoms in total. The van der Waals surface area contributed by atoms with Gasteiger partial charge in [-0.15, -0.1) is 0 Å². The summed E-state index contributed by atoms with van der Waals surface area (Å²) in [6.07, 6.45) is 3.33. The van der Waals surface area contributed by atoms with Crippen LogP contribution >= 0.6 is 0 Å². The minimum absolute atomic E-state index is 0.163. The summed E-state index contributed by atoms with van der Waals surface area (Å²) in [5.41, 5.74) is 2.45. The van der Waals surface area contributed by atoms with Crippen LogP contribution in [0.3, 0.4) is 0 Å². The summed E-state index contributed by atoms with van der Waals surface area (Å²) in [6, 6.07) is 4.94. The monoisotopic (exact) mass is 299 g/mol. The number of anilines is 1. The number of carbonyl (C=O) groups excluding carboxylic acids is 1. The molecule has 1 unspecified atom stereocenters. The molecule has 0 spiro atoms. The maximum Gasteiger partial charge on any atom is 0.320 e. The molecule has 3 aromatic heterocycles. The second kappa shape index (κ2) is 5.47. The van der Waals surface area contributed by atoms with Crippen LogP contribution in [0.2, 0.25) is 0 Å². The molecular formula is C14H17N7O. The number of hydrogen-bond donors (Lipinski definition) is 2. The van der Waals surface area contributed by atoms with Gasteiger partial charge in [0.25, 0.3) is 0 Å². The van der Waals surface area contributed by atoms with Crippen LogP contribution in [-0.2, 0) is 7.05 Å². The van der Waals surface area contributed by atoms with E-state index in [9.17, 15) is 4.79 Å². The van der Waals surface area contributed by atoms with Crippen molar-refractivity contribution >= 4 is 17.5 Å². The Kier molecular flexibility index (Phi) is 3.50. The molecule has 0 aromatic carbocycles. The van der Waals surface area contributed by atoms with Gasteiger partial charge >= 0.3 is 6.03 Å². The molecule has 3 aromatic rings. The molecule has 0 saturated carbocycles. The number of carbonyl (C=O) groups is 1. The molecule has 1 atom stereocenters. The van der Waals surface area contributed by atoms with Crippen molar-refractivity contribution in [3.05, 3.63) is 42.0 Å². The first-order chi connectivity index (χ1) is 10.5. The van der Waals surface area contributed by atoms with Crippen molar-refractivity contribution in [2.75, 3.05) is 5.32 Å². The number of aromatic nitrogens is 5. The fourth-order valence-corrected chi connectivity index (χ4v) is 2.34. The van der Waals surface area contributed by atoms with Gasteiger partial charge in [-0.1, -0.05) is 0 Å². The Morgan fingerprint density at radius 1 is 1.32 bits per heavy atom. The van der Waals surface area contributed by atoms with E-state index in [1.807, 2.05) is 33.0 Å². The van der Waals surface area contributed by atoms with Crippen LogP contribution in [0.25, 0.3) is 5.65 Å². The number of fused-ring (bicyclic) bond motifs is 1. The Hall–Kier alpha value is -2.90. The Morgan fingerprint density at radius 3 is 2.86 bits per heavy atom. The normalized spacial score (nSPS) is 12.3. The molecular weight excluding hydrogens is 282 g/mol. The standard InChI is InChI=1S/C14H17N7O/c1-9-8-13-15-6-5-12(21(13)19-9)18-14(22)17-10(2)11-4-7-16-20(11)3/h4-8,10H,1-3H3,(H2,17,18,22). The molecule has 0 fully saturated rings. The van der Waals surface area contributed by atoms with Crippen molar-refractivity contribution in [3.8, 4) is 0 Å². The van der Waals surface area contributed by atoms with Crippen molar-refractivity contribution in [3.63, 3.8) is 0 Å². The third-order valence-electron chi connectivity index (χ3n) is 3.37. The van der Waals surface area contributed by atoms with Crippen molar-refractivity contribution in [1.82, 2.24) is 29.7 Å². The highest BCUT2D eigenvalue weighted by atomic mass is 16.2. The van der Waals surface area contributed by atoms with E-state index in [1.54, 1.807) is 27.7 Å². The molecule has 0 aliphatic carbocycles. The van der Waals surface area contributed by atoms with Gasteiger partial charge in [-0.05, 0) is 26.0 Å². The Labute approximate surface area is 127 Å². The van der Waals surface area contributed by atoms with E-state index in [1.165, 1.54) is 0 Å². The quantitative estimate of drug-likeness (QED) is 0.769. The molecule has 0 aliphatic heterocycles. The van der Waals surface area contributed by atoms with E-state index in [-0.39, 0.29) is 12.1 Å². The zero-order valence-electron chi connectivity index (χ0n) is 12.6. The topological polar surface area (TPSA) is 89.1 Å². The second-order valence-corrected chi connectivity index (χ2v) is 5.09. The van der Waals surface area contributed by atoms with Crippen LogP contribution in [0.5, 0.6) is 0 Å². The zero-order chi connectivity index (χ0) is 15.7. The third-order valence-corrected chi connectivity index (χ3v) is 3.37. The molecule has 8 heteroatoms. The number of amides is 2. The summed E-state index contributed by atoms with van der Waals surface area (Å²) in [4.78, 5) is 16.4. The van der Waals surface area contributed by atoms with Crippen molar-refractivity contribution in [2.24, 2.45) is 7.05 Å². The van der Waals surface area contributed by atoms with Crippen LogP contribution in [-0.4, -0.2) is 30.4 Å². The van der Waals surface area contributed by atoms with Crippen LogP contribution in [0.1, 0.15) is 24.4 Å². The lowest BCUT2D eigenvalue weighted by Crippen LogP contribution is -2.32. The molecule has 0 aliphatic rings. The molecule has 2 N–H and O–H groups in total. The average Bonchev–Trinajstić information content (AvgIpc) is 3.04. The summed E-state index contributed by atoms with van der Waals surface area (Å²) in [5, 5.41) is 14.1. The summed E-state index contributed by atoms with van der Waals surface area (Å²) in [6.45, 7) is 3.78. The molecule has 3 rings (SSSR count).